The molecule has 0 saturated carbocycles. The number of amides is 2. The molecule has 4 N–H and O–H groups in total. The lowest BCUT2D eigenvalue weighted by molar-refractivity contribution is -0.145. The summed E-state index contributed by atoms with van der Waals surface area (Å²) < 4.78 is 0. The Morgan fingerprint density at radius 1 is 1.30 bits per heavy atom. The molecule has 0 radical (unpaired) electrons. The highest BCUT2D eigenvalue weighted by Crippen LogP contribution is 2.22. The molecule has 1 aromatic rings. The second-order valence-corrected chi connectivity index (χ2v) is 4.48. The standard InChI is InChI=1S/C12H13ClN2O5/c1-6-2-3-7(13)8(4-6)14-12(20)15-9(11(18)19)5-10(16)17/h2-4,9H,5H2,1H3,(H,16,17)(H,18,19)(H2,14,15,20)/t9-/m1/s1. The SMILES string of the molecule is Cc1ccc(Cl)c(NC(=O)N[C@H](CC(=O)O)C(=O)O)c1. The van der Waals surface area contributed by atoms with Crippen molar-refractivity contribution in [2.45, 2.75) is 19.4 Å². The van der Waals surface area contributed by atoms with Crippen LogP contribution in [0.15, 0.2) is 18.2 Å². The van der Waals surface area contributed by atoms with Gasteiger partial charge in [-0.1, -0.05) is 17.7 Å². The van der Waals surface area contributed by atoms with Gasteiger partial charge >= 0.3 is 18.0 Å². The first-order chi connectivity index (χ1) is 9.29. The van der Waals surface area contributed by atoms with Crippen LogP contribution in [0, 0.1) is 6.92 Å². The highest BCUT2D eigenvalue weighted by Gasteiger charge is 2.23. The van der Waals surface area contributed by atoms with Gasteiger partial charge in [0.25, 0.3) is 0 Å². The molecule has 20 heavy (non-hydrogen) atoms. The van der Waals surface area contributed by atoms with Gasteiger partial charge in [0.1, 0.15) is 6.04 Å². The molecule has 1 aromatic carbocycles. The number of benzene rings is 1. The Morgan fingerprint density at radius 2 is 1.95 bits per heavy atom. The van der Waals surface area contributed by atoms with Crippen LogP contribution >= 0.6 is 11.6 Å². The van der Waals surface area contributed by atoms with E-state index in [4.69, 9.17) is 21.8 Å². The second-order valence-electron chi connectivity index (χ2n) is 4.07. The van der Waals surface area contributed by atoms with Gasteiger partial charge in [-0.3, -0.25) is 4.79 Å². The lowest BCUT2D eigenvalue weighted by Crippen LogP contribution is -2.44. The molecule has 0 aliphatic carbocycles. The number of carbonyl (C=O) groups is 3. The third-order valence-corrected chi connectivity index (χ3v) is 2.68. The summed E-state index contributed by atoms with van der Waals surface area (Å²) in [6.45, 7) is 1.80. The second kappa shape index (κ2) is 6.76. The molecule has 108 valence electrons. The number of halogens is 1. The summed E-state index contributed by atoms with van der Waals surface area (Å²) in [6.07, 6.45) is -0.718. The Hall–Kier alpha value is -2.28. The fraction of sp³-hybridized carbons (Fsp3) is 0.250. The van der Waals surface area contributed by atoms with E-state index < -0.39 is 30.4 Å². The fourth-order valence-electron chi connectivity index (χ4n) is 1.43. The summed E-state index contributed by atoms with van der Waals surface area (Å²) in [7, 11) is 0. The Balaban J connectivity index is 2.72. The smallest absolute Gasteiger partial charge is 0.326 e. The number of rotatable bonds is 5. The first kappa shape index (κ1) is 15.8. The Bertz CT molecular complexity index is 547. The fourth-order valence-corrected chi connectivity index (χ4v) is 1.59. The number of nitrogens with one attached hydrogen (secondary N) is 2. The van der Waals surface area contributed by atoms with Gasteiger partial charge in [0.2, 0.25) is 0 Å². The minimum Gasteiger partial charge on any atom is -0.481 e. The minimum atomic E-state index is -1.52. The van der Waals surface area contributed by atoms with Crippen LogP contribution in [0.4, 0.5) is 10.5 Å². The molecule has 0 aliphatic rings. The number of urea groups is 1. The molecule has 0 unspecified atom stereocenters. The topological polar surface area (TPSA) is 116 Å². The maximum absolute atomic E-state index is 11.6. The molecular weight excluding hydrogens is 288 g/mol. The van der Waals surface area contributed by atoms with E-state index in [1.807, 2.05) is 0 Å². The largest absolute Gasteiger partial charge is 0.481 e. The number of carbonyl (C=O) groups excluding carboxylic acids is 1. The first-order valence-electron chi connectivity index (χ1n) is 5.58. The molecule has 0 aliphatic heterocycles. The summed E-state index contributed by atoms with van der Waals surface area (Å²) in [4.78, 5) is 32.9. The van der Waals surface area contributed by atoms with Crippen LogP contribution in [0.25, 0.3) is 0 Å². The van der Waals surface area contributed by atoms with Crippen molar-refractivity contribution in [3.8, 4) is 0 Å². The zero-order valence-electron chi connectivity index (χ0n) is 10.5. The number of carboxylic acids is 2. The van der Waals surface area contributed by atoms with E-state index in [-0.39, 0.29) is 5.02 Å². The van der Waals surface area contributed by atoms with Crippen molar-refractivity contribution in [3.63, 3.8) is 0 Å². The average Bonchev–Trinajstić information content (AvgIpc) is 2.32. The Labute approximate surface area is 119 Å². The summed E-state index contributed by atoms with van der Waals surface area (Å²) >= 11 is 5.87. The van der Waals surface area contributed by atoms with Crippen LogP contribution in [0.3, 0.4) is 0 Å². The predicted octanol–water partition coefficient (Wildman–Crippen LogP) is 1.70. The molecule has 0 spiro atoms. The van der Waals surface area contributed by atoms with Crippen molar-refractivity contribution in [2.24, 2.45) is 0 Å². The lowest BCUT2D eigenvalue weighted by Gasteiger charge is -2.14. The minimum absolute atomic E-state index is 0.288. The number of hydrogen-bond donors (Lipinski definition) is 4. The lowest BCUT2D eigenvalue weighted by atomic mass is 10.2. The van der Waals surface area contributed by atoms with Gasteiger partial charge < -0.3 is 20.8 Å². The first-order valence-corrected chi connectivity index (χ1v) is 5.95. The average molecular weight is 301 g/mol. The van der Waals surface area contributed by atoms with Crippen LogP contribution in [0.1, 0.15) is 12.0 Å². The van der Waals surface area contributed by atoms with E-state index >= 15 is 0 Å². The van der Waals surface area contributed by atoms with Gasteiger partial charge in [-0.15, -0.1) is 0 Å². The maximum atomic E-state index is 11.6. The number of aryl methyl sites for hydroxylation is 1. The van der Waals surface area contributed by atoms with Crippen molar-refractivity contribution < 1.29 is 24.6 Å². The van der Waals surface area contributed by atoms with Crippen LogP contribution in [-0.2, 0) is 9.59 Å². The highest BCUT2D eigenvalue weighted by atomic mass is 35.5. The third-order valence-electron chi connectivity index (χ3n) is 2.35. The van der Waals surface area contributed by atoms with Crippen molar-refractivity contribution >= 4 is 35.3 Å². The van der Waals surface area contributed by atoms with Crippen molar-refractivity contribution in [1.82, 2.24) is 5.32 Å². The van der Waals surface area contributed by atoms with Gasteiger partial charge in [-0.2, -0.15) is 0 Å². The number of aliphatic carboxylic acids is 2. The molecule has 8 heteroatoms. The Morgan fingerprint density at radius 3 is 2.50 bits per heavy atom. The van der Waals surface area contributed by atoms with E-state index in [0.717, 1.165) is 5.56 Å². The zero-order chi connectivity index (χ0) is 15.3. The normalized spacial score (nSPS) is 11.5. The monoisotopic (exact) mass is 300 g/mol. The molecule has 0 fully saturated rings. The van der Waals surface area contributed by atoms with E-state index in [1.165, 1.54) is 0 Å². The summed E-state index contributed by atoms with van der Waals surface area (Å²) in [5, 5.41) is 22.1. The molecule has 0 aromatic heterocycles. The van der Waals surface area contributed by atoms with Gasteiger partial charge in [0.15, 0.2) is 0 Å². The third kappa shape index (κ3) is 4.77. The van der Waals surface area contributed by atoms with Crippen molar-refractivity contribution in [1.29, 1.82) is 0 Å². The summed E-state index contributed by atoms with van der Waals surface area (Å²) in [5.74, 6) is -2.76. The molecule has 2 amide bonds. The van der Waals surface area contributed by atoms with E-state index in [2.05, 4.69) is 10.6 Å². The quantitative estimate of drug-likeness (QED) is 0.660. The van der Waals surface area contributed by atoms with E-state index in [1.54, 1.807) is 25.1 Å². The maximum Gasteiger partial charge on any atom is 0.326 e. The molecule has 7 nitrogen and oxygen atoms in total. The molecule has 1 rings (SSSR count). The molecule has 1 atom stereocenters. The Kier molecular flexibility index (Phi) is 5.33. The molecule has 0 saturated heterocycles. The van der Waals surface area contributed by atoms with Gasteiger partial charge in [0, 0.05) is 0 Å². The van der Waals surface area contributed by atoms with Crippen molar-refractivity contribution in [2.75, 3.05) is 5.32 Å². The molecule has 0 bridgehead atoms. The van der Waals surface area contributed by atoms with E-state index in [9.17, 15) is 14.4 Å². The predicted molar refractivity (Wildman–Crippen MR) is 72.0 cm³/mol. The molecular formula is C12H13ClN2O5. The van der Waals surface area contributed by atoms with Crippen LogP contribution in [-0.4, -0.2) is 34.2 Å². The van der Waals surface area contributed by atoms with Crippen LogP contribution in [0.2, 0.25) is 5.02 Å². The zero-order valence-corrected chi connectivity index (χ0v) is 11.3. The van der Waals surface area contributed by atoms with Gasteiger partial charge in [0.05, 0.1) is 17.1 Å². The summed E-state index contributed by atoms with van der Waals surface area (Å²) in [5.41, 5.74) is 1.16. The van der Waals surface area contributed by atoms with Gasteiger partial charge in [-0.25, -0.2) is 9.59 Å². The highest BCUT2D eigenvalue weighted by molar-refractivity contribution is 6.33. The van der Waals surface area contributed by atoms with Crippen LogP contribution < -0.4 is 10.6 Å². The van der Waals surface area contributed by atoms with Crippen molar-refractivity contribution in [3.05, 3.63) is 28.8 Å². The number of hydrogen-bond acceptors (Lipinski definition) is 3. The van der Waals surface area contributed by atoms with E-state index in [0.29, 0.717) is 5.69 Å². The molecule has 0 heterocycles. The van der Waals surface area contributed by atoms with Gasteiger partial charge in [-0.05, 0) is 24.6 Å². The number of anilines is 1. The number of carboxylic acid groups (broad SMARTS) is 2. The van der Waals surface area contributed by atoms with Crippen LogP contribution in [0.5, 0.6) is 0 Å². The summed E-state index contributed by atoms with van der Waals surface area (Å²) in [6, 6.07) is 2.57.